The van der Waals surface area contributed by atoms with Crippen LogP contribution < -0.4 is 14.8 Å². The molecule has 1 amide bonds. The number of carbonyl (C=O) groups is 1. The van der Waals surface area contributed by atoms with Crippen molar-refractivity contribution in [3.8, 4) is 11.5 Å². The number of nitrogens with one attached hydrogen (secondary N) is 1. The molecule has 0 saturated carbocycles. The number of hydrogen-bond donors (Lipinski definition) is 1. The monoisotopic (exact) mass is 342 g/mol. The second-order valence-corrected chi connectivity index (χ2v) is 5.57. The van der Waals surface area contributed by atoms with Crippen LogP contribution in [0.4, 0.5) is 0 Å². The van der Waals surface area contributed by atoms with Crippen LogP contribution in [0.5, 0.6) is 11.5 Å². The molecule has 0 radical (unpaired) electrons. The Labute approximate surface area is 144 Å². The topological polar surface area (TPSA) is 50.8 Å². The van der Waals surface area contributed by atoms with Gasteiger partial charge in [0.15, 0.2) is 6.61 Å². The van der Waals surface area contributed by atoms with E-state index in [4.69, 9.17) is 9.47 Å². The van der Waals surface area contributed by atoms with Crippen LogP contribution in [0.25, 0.3) is 0 Å². The number of likely N-dealkylation sites (tertiary alicyclic amines) is 1. The fourth-order valence-electron chi connectivity index (χ4n) is 2.57. The third kappa shape index (κ3) is 7.57. The van der Waals surface area contributed by atoms with Gasteiger partial charge in [0.05, 0.1) is 7.11 Å². The predicted octanol–water partition coefficient (Wildman–Crippen LogP) is 2.49. The zero-order valence-corrected chi connectivity index (χ0v) is 14.6. The van der Waals surface area contributed by atoms with Crippen molar-refractivity contribution in [2.75, 3.05) is 39.9 Å². The number of ether oxygens (including phenoxy) is 2. The summed E-state index contributed by atoms with van der Waals surface area (Å²) in [6.07, 6.45) is 4.82. The molecule has 1 aliphatic heterocycles. The van der Waals surface area contributed by atoms with Crippen LogP contribution >= 0.6 is 12.4 Å². The van der Waals surface area contributed by atoms with Crippen LogP contribution in [-0.4, -0.2) is 50.7 Å². The Bertz CT molecular complexity index is 448. The fraction of sp³-hybridized carbons (Fsp3) is 0.588. The summed E-state index contributed by atoms with van der Waals surface area (Å²) in [7, 11) is 1.62. The summed E-state index contributed by atoms with van der Waals surface area (Å²) in [5.74, 6) is 1.37. The minimum atomic E-state index is -0.0722. The quantitative estimate of drug-likeness (QED) is 0.700. The first-order chi connectivity index (χ1) is 10.8. The number of halogens is 1. The van der Waals surface area contributed by atoms with E-state index in [1.54, 1.807) is 19.2 Å². The van der Waals surface area contributed by atoms with Crippen LogP contribution in [-0.2, 0) is 4.79 Å². The maximum absolute atomic E-state index is 11.7. The number of hydrogen-bond acceptors (Lipinski definition) is 4. The van der Waals surface area contributed by atoms with Gasteiger partial charge in [0.25, 0.3) is 5.91 Å². The Morgan fingerprint density at radius 1 is 1.13 bits per heavy atom. The third-order valence-corrected chi connectivity index (χ3v) is 3.85. The van der Waals surface area contributed by atoms with Crippen LogP contribution in [0, 0.1) is 0 Å². The number of benzene rings is 1. The summed E-state index contributed by atoms with van der Waals surface area (Å²) in [6.45, 7) is 4.40. The second kappa shape index (κ2) is 11.1. The number of carbonyl (C=O) groups excluding carboxylic acids is 1. The fourth-order valence-corrected chi connectivity index (χ4v) is 2.57. The van der Waals surface area contributed by atoms with Gasteiger partial charge in [0.2, 0.25) is 0 Å². The molecule has 6 heteroatoms. The number of unbranched alkanes of at least 4 members (excludes halogenated alkanes) is 1. The lowest BCUT2D eigenvalue weighted by molar-refractivity contribution is -0.123. The van der Waals surface area contributed by atoms with Gasteiger partial charge in [0.1, 0.15) is 11.5 Å². The summed E-state index contributed by atoms with van der Waals surface area (Å²) < 4.78 is 10.5. The average molecular weight is 343 g/mol. The maximum atomic E-state index is 11.7. The molecule has 1 heterocycles. The van der Waals surface area contributed by atoms with E-state index in [1.165, 1.54) is 25.9 Å². The van der Waals surface area contributed by atoms with Crippen molar-refractivity contribution in [2.24, 2.45) is 0 Å². The van der Waals surface area contributed by atoms with Gasteiger partial charge in [-0.1, -0.05) is 0 Å². The van der Waals surface area contributed by atoms with Gasteiger partial charge in [-0.15, -0.1) is 12.4 Å². The van der Waals surface area contributed by atoms with Crippen molar-refractivity contribution in [1.29, 1.82) is 0 Å². The SMILES string of the molecule is COc1ccc(OCC(=O)NCCCCN2CCCC2)cc1.Cl. The summed E-state index contributed by atoms with van der Waals surface area (Å²) >= 11 is 0. The number of nitrogens with zero attached hydrogens (tertiary/aromatic N) is 1. The van der Waals surface area contributed by atoms with Crippen LogP contribution in [0.1, 0.15) is 25.7 Å². The van der Waals surface area contributed by atoms with Gasteiger partial charge in [-0.05, 0) is 69.6 Å². The van der Waals surface area contributed by atoms with E-state index in [-0.39, 0.29) is 24.9 Å². The lowest BCUT2D eigenvalue weighted by Crippen LogP contribution is -2.30. The normalized spacial score (nSPS) is 14.1. The van der Waals surface area contributed by atoms with Gasteiger partial charge >= 0.3 is 0 Å². The summed E-state index contributed by atoms with van der Waals surface area (Å²) in [6, 6.07) is 7.21. The highest BCUT2D eigenvalue weighted by Gasteiger charge is 2.10. The molecule has 1 aromatic rings. The molecule has 0 bridgehead atoms. The van der Waals surface area contributed by atoms with Crippen molar-refractivity contribution >= 4 is 18.3 Å². The zero-order valence-electron chi connectivity index (χ0n) is 13.8. The van der Waals surface area contributed by atoms with Crippen LogP contribution in [0.3, 0.4) is 0 Å². The molecule has 2 rings (SSSR count). The highest BCUT2D eigenvalue weighted by molar-refractivity contribution is 5.85. The van der Waals surface area contributed by atoms with Crippen molar-refractivity contribution < 1.29 is 14.3 Å². The van der Waals surface area contributed by atoms with E-state index in [9.17, 15) is 4.79 Å². The standard InChI is InChI=1S/C17H26N2O3.ClH/c1-21-15-6-8-16(9-7-15)22-14-17(20)18-10-2-3-11-19-12-4-5-13-19;/h6-9H,2-5,10-14H2,1H3,(H,18,20);1H. The summed E-state index contributed by atoms with van der Waals surface area (Å²) in [5.41, 5.74) is 0. The smallest absolute Gasteiger partial charge is 0.257 e. The zero-order chi connectivity index (χ0) is 15.6. The lowest BCUT2D eigenvalue weighted by atomic mass is 10.3. The van der Waals surface area contributed by atoms with Crippen molar-refractivity contribution in [1.82, 2.24) is 10.2 Å². The van der Waals surface area contributed by atoms with Gasteiger partial charge in [-0.25, -0.2) is 0 Å². The molecule has 1 aromatic carbocycles. The largest absolute Gasteiger partial charge is 0.497 e. The molecule has 0 aliphatic carbocycles. The van der Waals surface area contributed by atoms with E-state index in [0.717, 1.165) is 31.7 Å². The molecule has 5 nitrogen and oxygen atoms in total. The minimum absolute atomic E-state index is 0. The second-order valence-electron chi connectivity index (χ2n) is 5.57. The number of amides is 1. The molecule has 0 unspecified atom stereocenters. The van der Waals surface area contributed by atoms with Gasteiger partial charge in [0, 0.05) is 6.54 Å². The van der Waals surface area contributed by atoms with Crippen molar-refractivity contribution in [2.45, 2.75) is 25.7 Å². The number of rotatable bonds is 9. The van der Waals surface area contributed by atoms with E-state index >= 15 is 0 Å². The van der Waals surface area contributed by atoms with Gasteiger partial charge in [-0.3, -0.25) is 4.79 Å². The van der Waals surface area contributed by atoms with Gasteiger partial charge < -0.3 is 19.7 Å². The predicted molar refractivity (Wildman–Crippen MR) is 93.7 cm³/mol. The van der Waals surface area contributed by atoms with E-state index in [1.807, 2.05) is 12.1 Å². The molecular formula is C17H27ClN2O3. The number of methoxy groups -OCH3 is 1. The molecule has 0 spiro atoms. The molecule has 0 atom stereocenters. The first-order valence-corrected chi connectivity index (χ1v) is 8.04. The van der Waals surface area contributed by atoms with Crippen molar-refractivity contribution in [3.05, 3.63) is 24.3 Å². The summed E-state index contributed by atoms with van der Waals surface area (Å²) in [5, 5.41) is 2.89. The Morgan fingerprint density at radius 2 is 1.78 bits per heavy atom. The van der Waals surface area contributed by atoms with Crippen LogP contribution in [0.2, 0.25) is 0 Å². The molecular weight excluding hydrogens is 316 g/mol. The molecule has 1 saturated heterocycles. The van der Waals surface area contributed by atoms with E-state index < -0.39 is 0 Å². The lowest BCUT2D eigenvalue weighted by Gasteiger charge is -2.14. The third-order valence-electron chi connectivity index (χ3n) is 3.85. The van der Waals surface area contributed by atoms with Crippen LogP contribution in [0.15, 0.2) is 24.3 Å². The summed E-state index contributed by atoms with van der Waals surface area (Å²) in [4.78, 5) is 14.2. The average Bonchev–Trinajstić information content (AvgIpc) is 3.06. The van der Waals surface area contributed by atoms with Gasteiger partial charge in [-0.2, -0.15) is 0 Å². The molecule has 0 aromatic heterocycles. The van der Waals surface area contributed by atoms with Crippen molar-refractivity contribution in [3.63, 3.8) is 0 Å². The van der Waals surface area contributed by atoms with E-state index in [2.05, 4.69) is 10.2 Å². The first-order valence-electron chi connectivity index (χ1n) is 8.04. The highest BCUT2D eigenvalue weighted by Crippen LogP contribution is 2.16. The Kier molecular flexibility index (Phi) is 9.48. The minimum Gasteiger partial charge on any atom is -0.497 e. The van der Waals surface area contributed by atoms with E-state index in [0.29, 0.717) is 5.75 Å². The molecule has 1 fully saturated rings. The Morgan fingerprint density at radius 3 is 2.43 bits per heavy atom. The molecule has 23 heavy (non-hydrogen) atoms. The molecule has 1 N–H and O–H groups in total. The maximum Gasteiger partial charge on any atom is 0.257 e. The Hall–Kier alpha value is -1.46. The molecule has 130 valence electrons. The molecule has 1 aliphatic rings. The first kappa shape index (κ1) is 19.6. The Balaban J connectivity index is 0.00000264. The highest BCUT2D eigenvalue weighted by atomic mass is 35.5.